The normalized spacial score (nSPS) is 10.5. The van der Waals surface area contributed by atoms with E-state index >= 15 is 0 Å². The van der Waals surface area contributed by atoms with E-state index in [9.17, 15) is 4.79 Å². The number of alkyl halides is 1. The molecule has 2 aromatic heterocycles. The standard InChI is InChI=1S/C9H8ClN3OS/c1-13-5-11-3-7(13)9-12-6(4-15-9)8(14)2-10/h3-5H,2H2,1H3. The fourth-order valence-corrected chi connectivity index (χ4v) is 2.16. The van der Waals surface area contributed by atoms with Crippen LogP contribution < -0.4 is 0 Å². The first-order valence-electron chi connectivity index (χ1n) is 4.23. The molecular formula is C9H8ClN3OS. The van der Waals surface area contributed by atoms with Crippen LogP contribution in [0.15, 0.2) is 17.9 Å². The molecule has 0 bridgehead atoms. The first-order valence-corrected chi connectivity index (χ1v) is 5.65. The van der Waals surface area contributed by atoms with Crippen molar-refractivity contribution in [1.82, 2.24) is 14.5 Å². The van der Waals surface area contributed by atoms with Crippen LogP contribution in [0.2, 0.25) is 0 Å². The Morgan fingerprint density at radius 3 is 3.07 bits per heavy atom. The molecular weight excluding hydrogens is 234 g/mol. The molecule has 2 heterocycles. The second-order valence-corrected chi connectivity index (χ2v) is 4.11. The Hall–Kier alpha value is -1.20. The molecule has 0 atom stereocenters. The van der Waals surface area contributed by atoms with Crippen molar-refractivity contribution >= 4 is 28.7 Å². The third-order valence-corrected chi connectivity index (χ3v) is 3.05. The van der Waals surface area contributed by atoms with Crippen molar-refractivity contribution in [3.63, 3.8) is 0 Å². The summed E-state index contributed by atoms with van der Waals surface area (Å²) >= 11 is 6.86. The van der Waals surface area contributed by atoms with Crippen LogP contribution >= 0.6 is 22.9 Å². The SMILES string of the molecule is Cn1cncc1-c1nc(C(=O)CCl)cs1. The van der Waals surface area contributed by atoms with Crippen LogP contribution in [-0.4, -0.2) is 26.2 Å². The van der Waals surface area contributed by atoms with Crippen LogP contribution in [0.3, 0.4) is 0 Å². The summed E-state index contributed by atoms with van der Waals surface area (Å²) in [6.07, 6.45) is 3.41. The Kier molecular flexibility index (Phi) is 2.83. The summed E-state index contributed by atoms with van der Waals surface area (Å²) < 4.78 is 1.85. The van der Waals surface area contributed by atoms with Crippen LogP contribution in [0.5, 0.6) is 0 Å². The van der Waals surface area contributed by atoms with E-state index in [1.165, 1.54) is 11.3 Å². The molecule has 2 rings (SSSR count). The van der Waals surface area contributed by atoms with Crippen LogP contribution in [0.4, 0.5) is 0 Å². The molecule has 0 aliphatic rings. The molecule has 0 unspecified atom stereocenters. The van der Waals surface area contributed by atoms with Crippen LogP contribution in [-0.2, 0) is 7.05 Å². The second-order valence-electron chi connectivity index (χ2n) is 2.98. The van der Waals surface area contributed by atoms with Crippen molar-refractivity contribution in [1.29, 1.82) is 0 Å². The highest BCUT2D eigenvalue weighted by molar-refractivity contribution is 7.13. The van der Waals surface area contributed by atoms with E-state index in [2.05, 4.69) is 9.97 Å². The summed E-state index contributed by atoms with van der Waals surface area (Å²) in [6, 6.07) is 0. The molecule has 15 heavy (non-hydrogen) atoms. The van der Waals surface area contributed by atoms with E-state index < -0.39 is 0 Å². The van der Waals surface area contributed by atoms with Crippen molar-refractivity contribution in [2.75, 3.05) is 5.88 Å². The lowest BCUT2D eigenvalue weighted by molar-refractivity contribution is 0.101. The van der Waals surface area contributed by atoms with Gasteiger partial charge in [0.1, 0.15) is 10.7 Å². The molecule has 0 radical (unpaired) electrons. The quantitative estimate of drug-likeness (QED) is 0.610. The molecule has 0 aliphatic carbocycles. The summed E-state index contributed by atoms with van der Waals surface area (Å²) in [5, 5.41) is 2.50. The third-order valence-electron chi connectivity index (χ3n) is 1.95. The molecule has 2 aromatic rings. The number of aryl methyl sites for hydroxylation is 1. The highest BCUT2D eigenvalue weighted by Crippen LogP contribution is 2.22. The number of imidazole rings is 1. The van der Waals surface area contributed by atoms with Crippen LogP contribution in [0.25, 0.3) is 10.7 Å². The van der Waals surface area contributed by atoms with E-state index in [0.717, 1.165) is 10.7 Å². The van der Waals surface area contributed by atoms with Crippen LogP contribution in [0, 0.1) is 0 Å². The number of hydrogen-bond acceptors (Lipinski definition) is 4. The van der Waals surface area contributed by atoms with Crippen molar-refractivity contribution in [3.05, 3.63) is 23.6 Å². The van der Waals surface area contributed by atoms with Gasteiger partial charge in [-0.1, -0.05) is 0 Å². The average molecular weight is 242 g/mol. The number of halogens is 1. The number of carbonyl (C=O) groups is 1. The lowest BCUT2D eigenvalue weighted by Crippen LogP contribution is -2.00. The van der Waals surface area contributed by atoms with E-state index in [4.69, 9.17) is 11.6 Å². The second kappa shape index (κ2) is 4.12. The van der Waals surface area contributed by atoms with Gasteiger partial charge >= 0.3 is 0 Å². The van der Waals surface area contributed by atoms with Gasteiger partial charge < -0.3 is 4.57 Å². The number of aromatic nitrogens is 3. The van der Waals surface area contributed by atoms with Gasteiger partial charge in [-0.25, -0.2) is 9.97 Å². The summed E-state index contributed by atoms with van der Waals surface area (Å²) in [6.45, 7) is 0. The zero-order valence-electron chi connectivity index (χ0n) is 7.98. The predicted octanol–water partition coefficient (Wildman–Crippen LogP) is 1.97. The number of rotatable bonds is 3. The maximum atomic E-state index is 11.3. The Bertz CT molecular complexity index is 491. The largest absolute Gasteiger partial charge is 0.332 e. The molecule has 78 valence electrons. The van der Waals surface area contributed by atoms with Crippen molar-refractivity contribution in [3.8, 4) is 10.7 Å². The lowest BCUT2D eigenvalue weighted by Gasteiger charge is -1.95. The summed E-state index contributed by atoms with van der Waals surface area (Å²) in [5.41, 5.74) is 1.32. The minimum atomic E-state index is -0.152. The number of nitrogens with zero attached hydrogens (tertiary/aromatic N) is 3. The summed E-state index contributed by atoms with van der Waals surface area (Å²) in [4.78, 5) is 19.5. The Morgan fingerprint density at radius 1 is 1.67 bits per heavy atom. The number of hydrogen-bond donors (Lipinski definition) is 0. The Labute approximate surface area is 95.5 Å². The zero-order chi connectivity index (χ0) is 10.8. The fourth-order valence-electron chi connectivity index (χ4n) is 1.15. The molecule has 0 fully saturated rings. The Morgan fingerprint density at radius 2 is 2.47 bits per heavy atom. The molecule has 0 aromatic carbocycles. The minimum Gasteiger partial charge on any atom is -0.332 e. The minimum absolute atomic E-state index is 0.0332. The van der Waals surface area contributed by atoms with Crippen molar-refractivity contribution < 1.29 is 4.79 Å². The summed E-state index contributed by atoms with van der Waals surface area (Å²) in [5.74, 6) is -0.185. The maximum Gasteiger partial charge on any atom is 0.196 e. The molecule has 4 nitrogen and oxygen atoms in total. The van der Waals surface area contributed by atoms with Gasteiger partial charge in [0.15, 0.2) is 5.78 Å². The van der Waals surface area contributed by atoms with Crippen molar-refractivity contribution in [2.45, 2.75) is 0 Å². The van der Waals surface area contributed by atoms with Gasteiger partial charge in [0.05, 0.1) is 24.1 Å². The van der Waals surface area contributed by atoms with Crippen LogP contribution in [0.1, 0.15) is 10.5 Å². The van der Waals surface area contributed by atoms with E-state index in [1.807, 2.05) is 11.6 Å². The number of Topliss-reactive ketones (excluding diaryl/α,β-unsaturated/α-hetero) is 1. The molecule has 0 saturated heterocycles. The van der Waals surface area contributed by atoms with Gasteiger partial charge in [0.2, 0.25) is 0 Å². The van der Waals surface area contributed by atoms with E-state index in [0.29, 0.717) is 5.69 Å². The highest BCUT2D eigenvalue weighted by Gasteiger charge is 2.12. The van der Waals surface area contributed by atoms with Gasteiger partial charge in [-0.15, -0.1) is 22.9 Å². The molecule has 0 saturated carbocycles. The topological polar surface area (TPSA) is 47.8 Å². The smallest absolute Gasteiger partial charge is 0.196 e. The number of ketones is 1. The van der Waals surface area contributed by atoms with Crippen molar-refractivity contribution in [2.24, 2.45) is 7.05 Å². The fraction of sp³-hybridized carbons (Fsp3) is 0.222. The maximum absolute atomic E-state index is 11.3. The van der Waals surface area contributed by atoms with E-state index in [1.54, 1.807) is 17.9 Å². The molecule has 6 heteroatoms. The first kappa shape index (κ1) is 10.3. The third kappa shape index (κ3) is 1.93. The van der Waals surface area contributed by atoms with Gasteiger partial charge in [-0.05, 0) is 0 Å². The predicted molar refractivity (Wildman–Crippen MR) is 59.4 cm³/mol. The molecule has 0 amide bonds. The molecule has 0 spiro atoms. The molecule has 0 N–H and O–H groups in total. The number of thiazole rings is 1. The highest BCUT2D eigenvalue weighted by atomic mass is 35.5. The Balaban J connectivity index is 2.36. The monoisotopic (exact) mass is 241 g/mol. The average Bonchev–Trinajstić information content (AvgIpc) is 2.84. The lowest BCUT2D eigenvalue weighted by atomic mass is 10.3. The zero-order valence-corrected chi connectivity index (χ0v) is 9.55. The molecule has 0 aliphatic heterocycles. The summed E-state index contributed by atoms with van der Waals surface area (Å²) in [7, 11) is 1.88. The van der Waals surface area contributed by atoms with Gasteiger partial charge in [0, 0.05) is 12.4 Å². The van der Waals surface area contributed by atoms with Gasteiger partial charge in [-0.2, -0.15) is 0 Å². The van der Waals surface area contributed by atoms with Gasteiger partial charge in [0.25, 0.3) is 0 Å². The van der Waals surface area contributed by atoms with E-state index in [-0.39, 0.29) is 11.7 Å². The van der Waals surface area contributed by atoms with Gasteiger partial charge in [-0.3, -0.25) is 4.79 Å². The number of carbonyl (C=O) groups excluding carboxylic acids is 1. The first-order chi connectivity index (χ1) is 7.22.